The van der Waals surface area contributed by atoms with Gasteiger partial charge in [-0.25, -0.2) is 9.97 Å². The Morgan fingerprint density at radius 1 is 1.29 bits per heavy atom. The van der Waals surface area contributed by atoms with E-state index in [1.807, 2.05) is 0 Å². The molecule has 2 N–H and O–H groups in total. The van der Waals surface area contributed by atoms with E-state index >= 15 is 0 Å². The summed E-state index contributed by atoms with van der Waals surface area (Å²) in [6, 6.07) is 0. The van der Waals surface area contributed by atoms with E-state index < -0.39 is 0 Å². The molecule has 1 aliphatic rings. The highest BCUT2D eigenvalue weighted by atomic mass is 32.1. The number of thiocarbonyl (C=S) groups is 1. The summed E-state index contributed by atoms with van der Waals surface area (Å²) in [5.74, 6) is 0.829. The molecule has 0 radical (unpaired) electrons. The number of hydrogen-bond donors (Lipinski definition) is 1. The summed E-state index contributed by atoms with van der Waals surface area (Å²) in [6.45, 7) is 6.58. The summed E-state index contributed by atoms with van der Waals surface area (Å²) in [4.78, 5) is 11.1. The number of piperidine rings is 1. The second-order valence-corrected chi connectivity index (χ2v) is 5.68. The molecule has 1 fully saturated rings. The third kappa shape index (κ3) is 2.72. The van der Waals surface area contributed by atoms with Gasteiger partial charge in [0.15, 0.2) is 5.82 Å². The van der Waals surface area contributed by atoms with Gasteiger partial charge < -0.3 is 10.6 Å². The molecular formula is C12H18N4S. The van der Waals surface area contributed by atoms with Crippen molar-refractivity contribution in [1.29, 1.82) is 0 Å². The largest absolute Gasteiger partial charge is 0.388 e. The van der Waals surface area contributed by atoms with E-state index in [2.05, 4.69) is 28.7 Å². The molecule has 2 heterocycles. The lowest BCUT2D eigenvalue weighted by molar-refractivity contribution is 0.279. The summed E-state index contributed by atoms with van der Waals surface area (Å²) < 4.78 is 0. The average molecular weight is 250 g/mol. The Hall–Kier alpha value is -1.23. The van der Waals surface area contributed by atoms with Gasteiger partial charge in [0.25, 0.3) is 0 Å². The third-order valence-corrected chi connectivity index (χ3v) is 3.52. The van der Waals surface area contributed by atoms with E-state index in [1.165, 1.54) is 0 Å². The number of nitrogens with two attached hydrogens (primary N) is 1. The van der Waals surface area contributed by atoms with Crippen LogP contribution in [0.4, 0.5) is 5.82 Å². The number of anilines is 1. The minimum atomic E-state index is 0.318. The summed E-state index contributed by atoms with van der Waals surface area (Å²) in [5, 5.41) is 0. The van der Waals surface area contributed by atoms with Crippen molar-refractivity contribution in [2.24, 2.45) is 11.1 Å². The number of aromatic nitrogens is 2. The topological polar surface area (TPSA) is 55.0 Å². The molecule has 0 unspecified atom stereocenters. The van der Waals surface area contributed by atoms with Crippen molar-refractivity contribution in [3.8, 4) is 0 Å². The molecule has 0 saturated carbocycles. The molecule has 1 saturated heterocycles. The molecule has 1 aromatic heterocycles. The first kappa shape index (κ1) is 12.2. The van der Waals surface area contributed by atoms with Gasteiger partial charge in [-0.1, -0.05) is 26.1 Å². The lowest BCUT2D eigenvalue weighted by Gasteiger charge is -2.37. The molecule has 5 heteroatoms. The van der Waals surface area contributed by atoms with Crippen molar-refractivity contribution in [2.75, 3.05) is 18.0 Å². The van der Waals surface area contributed by atoms with Gasteiger partial charge in [-0.05, 0) is 18.3 Å². The van der Waals surface area contributed by atoms with Crippen LogP contribution in [0.5, 0.6) is 0 Å². The zero-order valence-electron chi connectivity index (χ0n) is 10.3. The fourth-order valence-electron chi connectivity index (χ4n) is 2.06. The second-order valence-electron chi connectivity index (χ2n) is 5.24. The minimum Gasteiger partial charge on any atom is -0.388 e. The van der Waals surface area contributed by atoms with Crippen molar-refractivity contribution in [2.45, 2.75) is 26.7 Å². The molecule has 92 valence electrons. The zero-order chi connectivity index (χ0) is 12.5. The monoisotopic (exact) mass is 250 g/mol. The maximum Gasteiger partial charge on any atom is 0.157 e. The molecule has 4 nitrogen and oxygen atoms in total. The maximum atomic E-state index is 5.68. The van der Waals surface area contributed by atoms with Gasteiger partial charge in [-0.3, -0.25) is 0 Å². The highest BCUT2D eigenvalue weighted by Crippen LogP contribution is 2.32. The molecule has 17 heavy (non-hydrogen) atoms. The Labute approximate surface area is 107 Å². The predicted octanol–water partition coefficient (Wildman–Crippen LogP) is 1.74. The van der Waals surface area contributed by atoms with Crippen molar-refractivity contribution in [3.05, 3.63) is 18.1 Å². The van der Waals surface area contributed by atoms with Crippen LogP contribution in [0.1, 0.15) is 32.4 Å². The molecule has 0 spiro atoms. The molecular weight excluding hydrogens is 232 g/mol. The standard InChI is InChI=1S/C12H18N4S/c1-12(2)3-7-16(8-4-12)11-9(10(13)17)14-5-6-15-11/h5-6H,3-4,7-8H2,1-2H3,(H2,13,17). The lowest BCUT2D eigenvalue weighted by Crippen LogP contribution is -2.39. The van der Waals surface area contributed by atoms with Gasteiger partial charge in [0.05, 0.1) is 0 Å². The van der Waals surface area contributed by atoms with Gasteiger partial charge in [0, 0.05) is 25.5 Å². The van der Waals surface area contributed by atoms with Crippen LogP contribution in [0, 0.1) is 5.41 Å². The van der Waals surface area contributed by atoms with E-state index in [9.17, 15) is 0 Å². The molecule has 1 aromatic rings. The number of nitrogens with zero attached hydrogens (tertiary/aromatic N) is 3. The van der Waals surface area contributed by atoms with Crippen LogP contribution in [0.25, 0.3) is 0 Å². The second kappa shape index (κ2) is 4.56. The summed E-state index contributed by atoms with van der Waals surface area (Å²) in [6.07, 6.45) is 5.63. The SMILES string of the molecule is CC1(C)CCN(c2nccnc2C(N)=S)CC1. The molecule has 0 amide bonds. The van der Waals surface area contributed by atoms with E-state index in [4.69, 9.17) is 18.0 Å². The van der Waals surface area contributed by atoms with Gasteiger partial charge in [-0.15, -0.1) is 0 Å². The van der Waals surface area contributed by atoms with Gasteiger partial charge in [0.2, 0.25) is 0 Å². The van der Waals surface area contributed by atoms with Crippen LogP contribution in [0.3, 0.4) is 0 Å². The average Bonchev–Trinajstić information content (AvgIpc) is 2.29. The first-order chi connectivity index (χ1) is 7.99. The van der Waals surface area contributed by atoms with Gasteiger partial charge in [-0.2, -0.15) is 0 Å². The van der Waals surface area contributed by atoms with Crippen LogP contribution >= 0.6 is 12.2 Å². The van der Waals surface area contributed by atoms with E-state index in [0.29, 0.717) is 16.1 Å². The van der Waals surface area contributed by atoms with Crippen molar-refractivity contribution in [1.82, 2.24) is 9.97 Å². The van der Waals surface area contributed by atoms with Gasteiger partial charge in [0.1, 0.15) is 10.7 Å². The van der Waals surface area contributed by atoms with Crippen molar-refractivity contribution in [3.63, 3.8) is 0 Å². The molecule has 0 bridgehead atoms. The Morgan fingerprint density at radius 2 is 1.88 bits per heavy atom. The Morgan fingerprint density at radius 3 is 2.47 bits per heavy atom. The summed E-state index contributed by atoms with van der Waals surface area (Å²) >= 11 is 5.01. The first-order valence-corrected chi connectivity index (χ1v) is 6.26. The Bertz CT molecular complexity index is 420. The fourth-order valence-corrected chi connectivity index (χ4v) is 2.20. The Balaban J connectivity index is 2.21. The van der Waals surface area contributed by atoms with Crippen LogP contribution in [0.15, 0.2) is 12.4 Å². The van der Waals surface area contributed by atoms with Crippen LogP contribution in [0.2, 0.25) is 0 Å². The fraction of sp³-hybridized carbons (Fsp3) is 0.583. The maximum absolute atomic E-state index is 5.68. The molecule has 2 rings (SSSR count). The van der Waals surface area contributed by atoms with Crippen LogP contribution in [-0.4, -0.2) is 28.0 Å². The Kier molecular flexibility index (Phi) is 3.28. The summed E-state index contributed by atoms with van der Waals surface area (Å²) in [5.41, 5.74) is 6.74. The van der Waals surface area contributed by atoms with E-state index in [1.54, 1.807) is 12.4 Å². The highest BCUT2D eigenvalue weighted by Gasteiger charge is 2.27. The number of hydrogen-bond acceptors (Lipinski definition) is 4. The summed E-state index contributed by atoms with van der Waals surface area (Å²) in [7, 11) is 0. The van der Waals surface area contributed by atoms with Gasteiger partial charge >= 0.3 is 0 Å². The quantitative estimate of drug-likeness (QED) is 0.810. The van der Waals surface area contributed by atoms with Crippen LogP contribution < -0.4 is 10.6 Å². The lowest BCUT2D eigenvalue weighted by atomic mass is 9.82. The highest BCUT2D eigenvalue weighted by molar-refractivity contribution is 7.80. The molecule has 0 aliphatic carbocycles. The molecule has 0 aromatic carbocycles. The zero-order valence-corrected chi connectivity index (χ0v) is 11.1. The smallest absolute Gasteiger partial charge is 0.157 e. The van der Waals surface area contributed by atoms with Crippen molar-refractivity contribution >= 4 is 23.0 Å². The number of rotatable bonds is 2. The molecule has 1 aliphatic heterocycles. The van der Waals surface area contributed by atoms with Crippen molar-refractivity contribution < 1.29 is 0 Å². The minimum absolute atomic E-state index is 0.318. The van der Waals surface area contributed by atoms with E-state index in [0.717, 1.165) is 31.7 Å². The predicted molar refractivity (Wildman–Crippen MR) is 73.1 cm³/mol. The van der Waals surface area contributed by atoms with Crippen LogP contribution in [-0.2, 0) is 0 Å². The molecule has 0 atom stereocenters. The van der Waals surface area contributed by atoms with E-state index in [-0.39, 0.29) is 0 Å². The first-order valence-electron chi connectivity index (χ1n) is 5.85. The third-order valence-electron chi connectivity index (χ3n) is 3.33. The normalized spacial score (nSPS) is 19.1.